The van der Waals surface area contributed by atoms with Crippen molar-refractivity contribution in [1.29, 1.82) is 0 Å². The molecule has 10 heterocycles. The molecule has 10 aromatic heterocycles. The van der Waals surface area contributed by atoms with Gasteiger partial charge in [0.1, 0.15) is 53.0 Å². The van der Waals surface area contributed by atoms with Gasteiger partial charge >= 0.3 is 5.97 Å². The Hall–Kier alpha value is -7.55. The lowest BCUT2D eigenvalue weighted by atomic mass is 10.0. The van der Waals surface area contributed by atoms with Crippen LogP contribution in [0.25, 0.3) is 33.1 Å². The fourth-order valence-electron chi connectivity index (χ4n) is 7.50. The third-order valence-electron chi connectivity index (χ3n) is 11.7. The first-order valence-corrected chi connectivity index (χ1v) is 28.6. The first kappa shape index (κ1) is 66.0. The highest BCUT2D eigenvalue weighted by atomic mass is 35.5. The van der Waals surface area contributed by atoms with Gasteiger partial charge in [0.05, 0.1) is 22.3 Å². The van der Waals surface area contributed by atoms with Crippen molar-refractivity contribution in [3.63, 3.8) is 0 Å². The molecule has 86 heavy (non-hydrogen) atoms. The zero-order valence-corrected chi connectivity index (χ0v) is 51.5. The van der Waals surface area contributed by atoms with E-state index in [0.29, 0.717) is 40.1 Å². The van der Waals surface area contributed by atoms with Crippen LogP contribution < -0.4 is 5.73 Å². The number of aromatic carboxylic acids is 1. The lowest BCUT2D eigenvalue weighted by Gasteiger charge is -2.06. The van der Waals surface area contributed by atoms with Gasteiger partial charge < -0.3 is 25.8 Å². The van der Waals surface area contributed by atoms with Crippen molar-refractivity contribution in [2.75, 3.05) is 0 Å². The summed E-state index contributed by atoms with van der Waals surface area (Å²) in [6, 6.07) is 40.7. The molecule has 0 spiro atoms. The number of carbonyl (C=O) groups is 4. The van der Waals surface area contributed by atoms with Gasteiger partial charge in [-0.2, -0.15) is 0 Å². The van der Waals surface area contributed by atoms with Crippen molar-refractivity contribution in [1.82, 2.24) is 49.8 Å². The molecule has 16 nitrogen and oxygen atoms in total. The monoisotopic (exact) mass is 1350 g/mol. The van der Waals surface area contributed by atoms with E-state index < -0.39 is 11.2 Å². The molecule has 0 fully saturated rings. The number of carbonyl (C=O) groups excluding carboxylic acids is 3. The molecule has 0 saturated carbocycles. The van der Waals surface area contributed by atoms with Crippen LogP contribution in [0.15, 0.2) is 177 Å². The highest BCUT2D eigenvalue weighted by Gasteiger charge is 2.20. The molecule has 0 aliphatic heterocycles. The van der Waals surface area contributed by atoms with E-state index in [1.54, 1.807) is 55.2 Å². The summed E-state index contributed by atoms with van der Waals surface area (Å²) in [6.45, 7) is 0.581. The summed E-state index contributed by atoms with van der Waals surface area (Å²) in [7, 11) is 0. The van der Waals surface area contributed by atoms with E-state index in [9.17, 15) is 19.2 Å². The maximum absolute atomic E-state index is 12.9. The van der Waals surface area contributed by atoms with Crippen molar-refractivity contribution < 1.29 is 24.3 Å². The van der Waals surface area contributed by atoms with Crippen LogP contribution in [-0.4, -0.2) is 77.7 Å². The van der Waals surface area contributed by atoms with Crippen LogP contribution in [0.1, 0.15) is 69.4 Å². The number of fused-ring (bicyclic) bond motifs is 3. The molecule has 0 atom stereocenters. The van der Waals surface area contributed by atoms with Gasteiger partial charge in [0.25, 0.3) is 5.24 Å². The normalized spacial score (nSPS) is 10.4. The quantitative estimate of drug-likeness (QED) is 0.0486. The summed E-state index contributed by atoms with van der Waals surface area (Å²) in [5.74, 6) is -1.50. The number of aromatic nitrogens is 10. The van der Waals surface area contributed by atoms with Crippen LogP contribution in [0.3, 0.4) is 0 Å². The second-order valence-electron chi connectivity index (χ2n) is 17.4. The van der Waals surface area contributed by atoms with Crippen LogP contribution in [0.4, 0.5) is 0 Å². The second-order valence-corrected chi connectivity index (χ2v) is 21.2. The first-order valence-electron chi connectivity index (χ1n) is 24.8. The van der Waals surface area contributed by atoms with Crippen LogP contribution in [0.5, 0.6) is 0 Å². The third-order valence-corrected chi connectivity index (χ3v) is 14.2. The molecule has 12 aromatic rings. The van der Waals surface area contributed by atoms with Gasteiger partial charge in [0.15, 0.2) is 11.6 Å². The number of aryl methyl sites for hydroxylation is 2. The summed E-state index contributed by atoms with van der Waals surface area (Å²) in [5, 5.41) is 12.9. The number of carboxylic acids is 1. The maximum atomic E-state index is 12.9. The van der Waals surface area contributed by atoms with Gasteiger partial charge in [-0.1, -0.05) is 129 Å². The number of nitrogens with zero attached hydrogens (tertiary/aromatic N) is 7. The summed E-state index contributed by atoms with van der Waals surface area (Å²) in [5.41, 5.74) is 12.6. The molecule has 0 amide bonds. The lowest BCUT2D eigenvalue weighted by molar-refractivity contribution is 0.0696. The predicted octanol–water partition coefficient (Wildman–Crippen LogP) is 17.0. The predicted molar refractivity (Wildman–Crippen MR) is 343 cm³/mol. The molecule has 0 bridgehead atoms. The molecule has 0 saturated heterocycles. The molecule has 26 heteroatoms. The smallest absolute Gasteiger partial charge is 0.338 e. The minimum Gasteiger partial charge on any atom is -0.478 e. The van der Waals surface area contributed by atoms with Gasteiger partial charge in [-0.15, -0.1) is 0 Å². The fraction of sp³-hybridized carbons (Fsp3) is 0.0500. The SMILES string of the molecule is NCc1ccc(Cl)cc1.O=C(Cl)c1ccc(Cl)nc1Cl.O=C(O)c1ccc(Cl)nc1Cl.O=C(c1ccc(CCc2ccc(Cl)cc2)nc1Cl)c1c[nH]c2ncccc12.O=C(c1ccc(Cl)nc1Cl)c1c[nH]c2ncccc12.c1cnc2[nH]ccc2c1. The number of aromatic amines is 3. The number of ketones is 2. The third kappa shape index (κ3) is 18.7. The number of pyridine rings is 7. The molecule has 6 N–H and O–H groups in total. The van der Waals surface area contributed by atoms with E-state index in [-0.39, 0.29) is 58.8 Å². The molecule has 0 aliphatic rings. The van der Waals surface area contributed by atoms with Crippen LogP contribution in [0, 0.1) is 0 Å². The van der Waals surface area contributed by atoms with Crippen molar-refractivity contribution in [2.45, 2.75) is 19.4 Å². The van der Waals surface area contributed by atoms with Gasteiger partial charge in [0, 0.05) is 86.8 Å². The Morgan fingerprint density at radius 1 is 0.430 bits per heavy atom. The van der Waals surface area contributed by atoms with Gasteiger partial charge in [-0.3, -0.25) is 14.4 Å². The van der Waals surface area contributed by atoms with Crippen LogP contribution in [-0.2, 0) is 19.4 Å². The molecule has 0 unspecified atom stereocenters. The number of nitrogens with two attached hydrogens (primary N) is 1. The number of halogens is 10. The van der Waals surface area contributed by atoms with E-state index in [4.69, 9.17) is 127 Å². The van der Waals surface area contributed by atoms with E-state index >= 15 is 0 Å². The Morgan fingerprint density at radius 3 is 1.30 bits per heavy atom. The van der Waals surface area contributed by atoms with E-state index in [1.807, 2.05) is 91.1 Å². The number of rotatable bonds is 10. The Bertz CT molecular complexity index is 4230. The highest BCUT2D eigenvalue weighted by molar-refractivity contribution is 6.68. The van der Waals surface area contributed by atoms with Gasteiger partial charge in [0.2, 0.25) is 0 Å². The van der Waals surface area contributed by atoms with Gasteiger partial charge in [-0.05, 0) is 151 Å². The number of benzene rings is 2. The van der Waals surface area contributed by atoms with Crippen LogP contribution >= 0.6 is 116 Å². The summed E-state index contributed by atoms with van der Waals surface area (Å²) < 4.78 is 0. The Balaban J connectivity index is 0.000000157. The minimum atomic E-state index is -1.11. The summed E-state index contributed by atoms with van der Waals surface area (Å²) in [4.78, 5) is 83.1. The van der Waals surface area contributed by atoms with E-state index in [2.05, 4.69) is 49.8 Å². The number of hydrogen-bond acceptors (Lipinski definition) is 12. The molecule has 2 aromatic carbocycles. The summed E-state index contributed by atoms with van der Waals surface area (Å²) >= 11 is 56.6. The van der Waals surface area contributed by atoms with Crippen molar-refractivity contribution in [2.24, 2.45) is 5.73 Å². The Morgan fingerprint density at radius 2 is 0.860 bits per heavy atom. The molecule has 436 valence electrons. The number of H-pyrrole nitrogens is 3. The average molecular weight is 1350 g/mol. The molecule has 12 rings (SSSR count). The zero-order chi connectivity index (χ0) is 61.9. The van der Waals surface area contributed by atoms with E-state index in [0.717, 1.165) is 56.0 Å². The van der Waals surface area contributed by atoms with Crippen molar-refractivity contribution >= 4 is 172 Å². The topological polar surface area (TPSA) is 252 Å². The van der Waals surface area contributed by atoms with Gasteiger partial charge in [-0.25, -0.2) is 39.7 Å². The zero-order valence-electron chi connectivity index (χ0n) is 43.9. The van der Waals surface area contributed by atoms with Crippen molar-refractivity contribution in [3.8, 4) is 0 Å². The number of nitrogens with one attached hydrogen (secondary N) is 3. The highest BCUT2D eigenvalue weighted by Crippen LogP contribution is 2.26. The Kier molecular flexibility index (Phi) is 24.8. The molecule has 0 radical (unpaired) electrons. The number of hydrogen-bond donors (Lipinski definition) is 5. The Labute approximate surface area is 539 Å². The number of carboxylic acid groups (broad SMARTS) is 1. The largest absolute Gasteiger partial charge is 0.478 e. The average Bonchev–Trinajstić information content (AvgIpc) is 2.20. The lowest BCUT2D eigenvalue weighted by Crippen LogP contribution is -2.04. The second kappa shape index (κ2) is 32.3. The minimum absolute atomic E-state index is 0.0255. The van der Waals surface area contributed by atoms with Crippen LogP contribution in [0.2, 0.25) is 46.1 Å². The standard InChI is InChI=1S/C21H15Cl2N3O.C13H7Cl2N3O.C7H8ClN.C7H6N2.C6H2Cl3NO.C6H3Cl2NO2/c22-14-6-3-13(4-7-14)5-8-15-9-10-17(20(23)26-15)19(27)18-12-25-21-16(18)2-1-11-24-21;14-10-4-3-8(12(15)18-10)11(19)9-6-17-13-7(9)2-1-5-16-13;8-7-3-1-6(5-9)2-4-7;1-2-6-3-5-9-7(6)8-4-1;7-4-2-1-3(6(9)11)5(8)10-4;7-4-2-1-3(6(10)11)5(8)9-4/h1-4,6-7,9-12H,5,8H2,(H,24,25);1-6H,(H,16,17);1-4H,5,9H2;1-5H,(H,8,9);1-2H;1-2H,(H,10,11). The molecular weight excluding hydrogens is 1310 g/mol. The first-order chi connectivity index (χ1) is 41.3. The fourth-order valence-corrected chi connectivity index (χ4v) is 9.49. The van der Waals surface area contributed by atoms with Crippen molar-refractivity contribution in [3.05, 3.63) is 273 Å². The molecule has 0 aliphatic carbocycles. The van der Waals surface area contributed by atoms with E-state index in [1.165, 1.54) is 35.9 Å². The molecular formula is C60H41Cl10N11O5. The maximum Gasteiger partial charge on any atom is 0.338 e. The summed E-state index contributed by atoms with van der Waals surface area (Å²) in [6.07, 6.45) is 11.8.